The minimum Gasteiger partial charge on any atom is -0.355 e. The summed E-state index contributed by atoms with van der Waals surface area (Å²) >= 11 is 0. The molecule has 4 amide bonds. The second-order valence-electron chi connectivity index (χ2n) is 5.09. The van der Waals surface area contributed by atoms with E-state index in [0.717, 1.165) is 5.56 Å². The Hall–Kier alpha value is -3.61. The average Bonchev–Trinajstić information content (AvgIpc) is 2.59. The second-order valence-corrected chi connectivity index (χ2v) is 5.09. The van der Waals surface area contributed by atoms with E-state index in [1.807, 2.05) is 0 Å². The summed E-state index contributed by atoms with van der Waals surface area (Å²) in [7, 11) is 1.56. The SMILES string of the molecule is CNC(=O)c1ccc(/C=C/C(=O)Nc2cccc(NC(N)=O)c2)cc1. The van der Waals surface area contributed by atoms with Crippen molar-refractivity contribution < 1.29 is 14.4 Å². The summed E-state index contributed by atoms with van der Waals surface area (Å²) in [5.74, 6) is -0.496. The Morgan fingerprint density at radius 1 is 0.960 bits per heavy atom. The lowest BCUT2D eigenvalue weighted by Crippen LogP contribution is -2.19. The number of nitrogens with one attached hydrogen (secondary N) is 3. The van der Waals surface area contributed by atoms with Crippen LogP contribution in [0.25, 0.3) is 6.08 Å². The highest BCUT2D eigenvalue weighted by molar-refractivity contribution is 6.02. The lowest BCUT2D eigenvalue weighted by atomic mass is 10.1. The summed E-state index contributed by atoms with van der Waals surface area (Å²) in [5.41, 5.74) is 7.39. The molecule has 2 aromatic carbocycles. The number of hydrogen-bond acceptors (Lipinski definition) is 3. The highest BCUT2D eigenvalue weighted by atomic mass is 16.2. The molecule has 0 aliphatic rings. The van der Waals surface area contributed by atoms with Crippen molar-refractivity contribution in [3.8, 4) is 0 Å². The van der Waals surface area contributed by atoms with E-state index < -0.39 is 6.03 Å². The summed E-state index contributed by atoms with van der Waals surface area (Å²) in [6, 6.07) is 12.8. The quantitative estimate of drug-likeness (QED) is 0.627. The van der Waals surface area contributed by atoms with Gasteiger partial charge in [0, 0.05) is 30.1 Å². The van der Waals surface area contributed by atoms with E-state index in [0.29, 0.717) is 16.9 Å². The fraction of sp³-hybridized carbons (Fsp3) is 0.0556. The Labute approximate surface area is 144 Å². The molecule has 0 aliphatic carbocycles. The molecule has 0 heterocycles. The van der Waals surface area contributed by atoms with Gasteiger partial charge >= 0.3 is 6.03 Å². The zero-order valence-corrected chi connectivity index (χ0v) is 13.6. The van der Waals surface area contributed by atoms with Crippen LogP contribution in [-0.2, 0) is 4.79 Å². The van der Waals surface area contributed by atoms with E-state index in [2.05, 4.69) is 16.0 Å². The maximum atomic E-state index is 12.0. The van der Waals surface area contributed by atoms with Gasteiger partial charge in [0.05, 0.1) is 0 Å². The first-order valence-electron chi connectivity index (χ1n) is 7.45. The van der Waals surface area contributed by atoms with Crippen molar-refractivity contribution in [1.82, 2.24) is 5.32 Å². The van der Waals surface area contributed by atoms with Crippen molar-refractivity contribution in [3.05, 3.63) is 65.7 Å². The molecule has 0 saturated carbocycles. The molecule has 0 unspecified atom stereocenters. The van der Waals surface area contributed by atoms with Crippen LogP contribution in [0.2, 0.25) is 0 Å². The lowest BCUT2D eigenvalue weighted by Gasteiger charge is -2.06. The molecule has 0 aliphatic heterocycles. The Morgan fingerprint density at radius 2 is 1.60 bits per heavy atom. The van der Waals surface area contributed by atoms with Gasteiger partial charge < -0.3 is 21.7 Å². The maximum absolute atomic E-state index is 12.0. The van der Waals surface area contributed by atoms with E-state index in [1.54, 1.807) is 61.7 Å². The molecule has 7 heteroatoms. The molecule has 0 spiro atoms. The van der Waals surface area contributed by atoms with Crippen LogP contribution in [0.5, 0.6) is 0 Å². The fourth-order valence-corrected chi connectivity index (χ4v) is 2.06. The predicted octanol–water partition coefficient (Wildman–Crippen LogP) is 2.19. The Bertz CT molecular complexity index is 813. The Morgan fingerprint density at radius 3 is 2.20 bits per heavy atom. The smallest absolute Gasteiger partial charge is 0.316 e. The number of benzene rings is 2. The third-order valence-corrected chi connectivity index (χ3v) is 3.22. The molecule has 2 rings (SSSR count). The lowest BCUT2D eigenvalue weighted by molar-refractivity contribution is -0.111. The molecule has 2 aromatic rings. The van der Waals surface area contributed by atoms with Gasteiger partial charge in [-0.05, 0) is 42.0 Å². The summed E-state index contributed by atoms with van der Waals surface area (Å²) < 4.78 is 0. The van der Waals surface area contributed by atoms with Gasteiger partial charge in [0.15, 0.2) is 0 Å². The van der Waals surface area contributed by atoms with Crippen molar-refractivity contribution in [1.29, 1.82) is 0 Å². The number of urea groups is 1. The van der Waals surface area contributed by atoms with Crippen LogP contribution in [0.4, 0.5) is 16.2 Å². The van der Waals surface area contributed by atoms with Gasteiger partial charge in [0.2, 0.25) is 5.91 Å². The highest BCUT2D eigenvalue weighted by Crippen LogP contribution is 2.15. The van der Waals surface area contributed by atoms with Crippen LogP contribution >= 0.6 is 0 Å². The Kier molecular flexibility index (Phi) is 5.89. The molecule has 0 aromatic heterocycles. The number of carbonyl (C=O) groups excluding carboxylic acids is 3. The summed E-state index contributed by atoms with van der Waals surface area (Å²) in [5, 5.41) is 7.65. The third-order valence-electron chi connectivity index (χ3n) is 3.22. The number of rotatable bonds is 5. The molecule has 25 heavy (non-hydrogen) atoms. The number of hydrogen-bond donors (Lipinski definition) is 4. The van der Waals surface area contributed by atoms with Crippen molar-refractivity contribution in [2.45, 2.75) is 0 Å². The van der Waals surface area contributed by atoms with Gasteiger partial charge in [-0.1, -0.05) is 18.2 Å². The zero-order valence-electron chi connectivity index (χ0n) is 13.6. The van der Waals surface area contributed by atoms with Gasteiger partial charge in [0.1, 0.15) is 0 Å². The van der Waals surface area contributed by atoms with E-state index >= 15 is 0 Å². The predicted molar refractivity (Wildman–Crippen MR) is 97.1 cm³/mol. The van der Waals surface area contributed by atoms with Crippen LogP contribution in [-0.4, -0.2) is 24.9 Å². The van der Waals surface area contributed by atoms with Crippen LogP contribution < -0.4 is 21.7 Å². The molecule has 0 fully saturated rings. The normalized spacial score (nSPS) is 10.3. The van der Waals surface area contributed by atoms with Gasteiger partial charge in [0.25, 0.3) is 5.91 Å². The third kappa shape index (κ3) is 5.51. The highest BCUT2D eigenvalue weighted by Gasteiger charge is 2.03. The van der Waals surface area contributed by atoms with E-state index in [9.17, 15) is 14.4 Å². The van der Waals surface area contributed by atoms with Gasteiger partial charge in [-0.25, -0.2) is 4.79 Å². The van der Waals surface area contributed by atoms with Crippen molar-refractivity contribution in [3.63, 3.8) is 0 Å². The van der Waals surface area contributed by atoms with E-state index in [4.69, 9.17) is 5.73 Å². The average molecular weight is 338 g/mol. The van der Waals surface area contributed by atoms with E-state index in [1.165, 1.54) is 6.08 Å². The zero-order chi connectivity index (χ0) is 18.2. The molecule has 0 saturated heterocycles. The first kappa shape index (κ1) is 17.7. The monoisotopic (exact) mass is 338 g/mol. The standard InChI is InChI=1S/C18H18N4O3/c1-20-17(24)13-8-5-12(6-9-13)7-10-16(23)21-14-3-2-4-15(11-14)22-18(19)25/h2-11H,1H3,(H,20,24)(H,21,23)(H3,19,22,25)/b10-7+. The van der Waals surface area contributed by atoms with Gasteiger partial charge in [-0.3, -0.25) is 9.59 Å². The molecule has 5 N–H and O–H groups in total. The minimum atomic E-state index is -0.677. The van der Waals surface area contributed by atoms with Crippen molar-refractivity contribution >= 4 is 35.3 Å². The van der Waals surface area contributed by atoms with E-state index in [-0.39, 0.29) is 11.8 Å². The van der Waals surface area contributed by atoms with Crippen LogP contribution in [0, 0.1) is 0 Å². The largest absolute Gasteiger partial charge is 0.355 e. The molecule has 0 radical (unpaired) electrons. The number of amides is 4. The summed E-state index contributed by atoms with van der Waals surface area (Å²) in [6.45, 7) is 0. The fourth-order valence-electron chi connectivity index (χ4n) is 2.06. The minimum absolute atomic E-state index is 0.169. The maximum Gasteiger partial charge on any atom is 0.316 e. The molecule has 7 nitrogen and oxygen atoms in total. The molecule has 0 bridgehead atoms. The number of carbonyl (C=O) groups is 3. The first-order chi connectivity index (χ1) is 12.0. The van der Waals surface area contributed by atoms with Crippen LogP contribution in [0.3, 0.4) is 0 Å². The van der Waals surface area contributed by atoms with Crippen molar-refractivity contribution in [2.75, 3.05) is 17.7 Å². The van der Waals surface area contributed by atoms with Gasteiger partial charge in [-0.15, -0.1) is 0 Å². The Balaban J connectivity index is 1.98. The van der Waals surface area contributed by atoms with Gasteiger partial charge in [-0.2, -0.15) is 0 Å². The number of primary amides is 1. The topological polar surface area (TPSA) is 113 Å². The molecular weight excluding hydrogens is 320 g/mol. The second kappa shape index (κ2) is 8.30. The number of nitrogens with two attached hydrogens (primary N) is 1. The molecule has 128 valence electrons. The first-order valence-corrected chi connectivity index (χ1v) is 7.45. The number of anilines is 2. The molecular formula is C18H18N4O3. The van der Waals surface area contributed by atoms with Crippen LogP contribution in [0.1, 0.15) is 15.9 Å². The summed E-state index contributed by atoms with van der Waals surface area (Å²) in [6.07, 6.45) is 3.01. The van der Waals surface area contributed by atoms with Crippen molar-refractivity contribution in [2.24, 2.45) is 5.73 Å². The summed E-state index contributed by atoms with van der Waals surface area (Å²) in [4.78, 5) is 34.3. The molecule has 0 atom stereocenters. The van der Waals surface area contributed by atoms with Crippen LogP contribution in [0.15, 0.2) is 54.6 Å².